The Morgan fingerprint density at radius 1 is 1.00 bits per heavy atom. The summed E-state index contributed by atoms with van der Waals surface area (Å²) in [5, 5.41) is 0. The molecule has 1 unspecified atom stereocenters. The van der Waals surface area contributed by atoms with Crippen LogP contribution in [0.25, 0.3) is 0 Å². The molecule has 0 aliphatic heterocycles. The van der Waals surface area contributed by atoms with Crippen molar-refractivity contribution in [3.8, 4) is 0 Å². The van der Waals surface area contributed by atoms with E-state index in [1.807, 2.05) is 43.3 Å². The molecule has 3 rings (SSSR count). The zero-order valence-corrected chi connectivity index (χ0v) is 20.1. The van der Waals surface area contributed by atoms with Crippen molar-refractivity contribution in [3.63, 3.8) is 0 Å². The van der Waals surface area contributed by atoms with Crippen molar-refractivity contribution in [2.24, 2.45) is 11.3 Å². The minimum atomic E-state index is 0.0809. The molecule has 1 atom stereocenters. The lowest BCUT2D eigenvalue weighted by atomic mass is 9.74. The van der Waals surface area contributed by atoms with Gasteiger partial charge in [-0.05, 0) is 49.2 Å². The van der Waals surface area contributed by atoms with Gasteiger partial charge in [0.25, 0.3) is 0 Å². The largest absolute Gasteiger partial charge is 0.289 e. The third-order valence-corrected chi connectivity index (χ3v) is 5.67. The van der Waals surface area contributed by atoms with Gasteiger partial charge in [0, 0.05) is 11.1 Å². The number of benzene rings is 2. The van der Waals surface area contributed by atoms with Crippen LogP contribution in [0.2, 0.25) is 0 Å². The van der Waals surface area contributed by atoms with E-state index in [-0.39, 0.29) is 11.2 Å². The Labute approximate surface area is 189 Å². The summed E-state index contributed by atoms with van der Waals surface area (Å²) in [4.78, 5) is 12.6. The summed E-state index contributed by atoms with van der Waals surface area (Å²) in [6.45, 7) is 13.0. The van der Waals surface area contributed by atoms with Crippen molar-refractivity contribution < 1.29 is 4.79 Å². The van der Waals surface area contributed by atoms with Crippen LogP contribution in [0.15, 0.2) is 84.5 Å². The third-order valence-electron chi connectivity index (χ3n) is 5.67. The van der Waals surface area contributed by atoms with E-state index >= 15 is 0 Å². The van der Waals surface area contributed by atoms with Gasteiger partial charge in [0.2, 0.25) is 0 Å². The maximum absolute atomic E-state index is 12.6. The lowest BCUT2D eigenvalue weighted by Crippen LogP contribution is -2.21. The highest BCUT2D eigenvalue weighted by Crippen LogP contribution is 2.35. The molecule has 0 spiro atoms. The zero-order chi connectivity index (χ0) is 22.9. The normalized spacial score (nSPS) is 15.9. The number of hydrogen-bond donors (Lipinski definition) is 0. The molecule has 0 saturated carbocycles. The number of rotatable bonds is 6. The van der Waals surface area contributed by atoms with E-state index in [9.17, 15) is 4.79 Å². The maximum Gasteiger partial charge on any atom is 0.193 e. The number of allylic oxidation sites excluding steroid dienone is 6. The Hall–Kier alpha value is -2.67. The molecule has 31 heavy (non-hydrogen) atoms. The summed E-state index contributed by atoms with van der Waals surface area (Å²) >= 11 is 0. The SMILES string of the molecule is CC=CC(C)(C)C1C=CC(Cc2ccc(C(=O)c3ccc(C)cc3)cc2)=CC1.CCC. The first kappa shape index (κ1) is 24.6. The van der Waals surface area contributed by atoms with E-state index in [2.05, 4.69) is 77.1 Å². The predicted octanol–water partition coefficient (Wildman–Crippen LogP) is 8.29. The monoisotopic (exact) mass is 414 g/mol. The summed E-state index contributed by atoms with van der Waals surface area (Å²) in [6.07, 6.45) is 14.7. The average molecular weight is 415 g/mol. The summed E-state index contributed by atoms with van der Waals surface area (Å²) in [5.74, 6) is 0.624. The molecule has 1 aliphatic rings. The van der Waals surface area contributed by atoms with Crippen LogP contribution in [0.5, 0.6) is 0 Å². The van der Waals surface area contributed by atoms with Crippen molar-refractivity contribution in [2.45, 2.75) is 60.8 Å². The van der Waals surface area contributed by atoms with Crippen molar-refractivity contribution in [3.05, 3.63) is 107 Å². The van der Waals surface area contributed by atoms with Gasteiger partial charge < -0.3 is 0 Å². The third kappa shape index (κ3) is 7.21. The number of hydrogen-bond acceptors (Lipinski definition) is 1. The smallest absolute Gasteiger partial charge is 0.193 e. The van der Waals surface area contributed by atoms with Crippen LogP contribution in [0.3, 0.4) is 0 Å². The molecule has 1 nitrogen and oxygen atoms in total. The van der Waals surface area contributed by atoms with E-state index < -0.39 is 0 Å². The molecule has 1 aliphatic carbocycles. The quantitative estimate of drug-likeness (QED) is 0.343. The molecule has 0 bridgehead atoms. The molecular formula is C30H38O. The van der Waals surface area contributed by atoms with Crippen molar-refractivity contribution in [2.75, 3.05) is 0 Å². The minimum absolute atomic E-state index is 0.0809. The number of carbonyl (C=O) groups excluding carboxylic acids is 1. The first-order chi connectivity index (χ1) is 14.8. The lowest BCUT2D eigenvalue weighted by molar-refractivity contribution is 0.103. The standard InChI is InChI=1S/C27H30O.C3H8/c1-5-18-27(3,4)25-16-10-22(11-17-25)19-21-8-14-24(15-9-21)26(28)23-12-6-20(2)7-13-23;1-3-2/h5-16,18,25H,17,19H2,1-4H3;3H2,1-2H3. The molecule has 164 valence electrons. The van der Waals surface area contributed by atoms with Crippen LogP contribution < -0.4 is 0 Å². The molecule has 0 heterocycles. The first-order valence-corrected chi connectivity index (χ1v) is 11.5. The number of carbonyl (C=O) groups is 1. The predicted molar refractivity (Wildman–Crippen MR) is 135 cm³/mol. The maximum atomic E-state index is 12.6. The Morgan fingerprint density at radius 3 is 2.03 bits per heavy atom. The molecule has 0 radical (unpaired) electrons. The van der Waals surface area contributed by atoms with E-state index in [0.717, 1.165) is 29.5 Å². The molecule has 0 saturated heterocycles. The van der Waals surface area contributed by atoms with Crippen molar-refractivity contribution in [1.29, 1.82) is 0 Å². The van der Waals surface area contributed by atoms with Crippen LogP contribution in [0.4, 0.5) is 0 Å². The average Bonchev–Trinajstić information content (AvgIpc) is 2.75. The van der Waals surface area contributed by atoms with Gasteiger partial charge in [0.1, 0.15) is 0 Å². The zero-order valence-electron chi connectivity index (χ0n) is 20.1. The number of ketones is 1. The molecule has 1 heteroatoms. The Morgan fingerprint density at radius 2 is 1.55 bits per heavy atom. The van der Waals surface area contributed by atoms with E-state index in [1.54, 1.807) is 0 Å². The molecule has 0 fully saturated rings. The highest BCUT2D eigenvalue weighted by molar-refractivity contribution is 6.09. The van der Waals surface area contributed by atoms with Gasteiger partial charge in [-0.2, -0.15) is 0 Å². The van der Waals surface area contributed by atoms with E-state index in [1.165, 1.54) is 17.6 Å². The Kier molecular flexibility index (Phi) is 9.24. The molecule has 0 aromatic heterocycles. The van der Waals surface area contributed by atoms with Gasteiger partial charge in [-0.3, -0.25) is 4.79 Å². The summed E-state index contributed by atoms with van der Waals surface area (Å²) in [5.41, 5.74) is 5.43. The van der Waals surface area contributed by atoms with Gasteiger partial charge in [0.05, 0.1) is 0 Å². The second-order valence-corrected chi connectivity index (χ2v) is 9.08. The topological polar surface area (TPSA) is 17.1 Å². The van der Waals surface area contributed by atoms with Crippen molar-refractivity contribution in [1.82, 2.24) is 0 Å². The second kappa shape index (κ2) is 11.6. The minimum Gasteiger partial charge on any atom is -0.289 e. The fourth-order valence-corrected chi connectivity index (χ4v) is 3.78. The Bertz CT molecular complexity index is 921. The summed E-state index contributed by atoms with van der Waals surface area (Å²) in [6, 6.07) is 15.8. The van der Waals surface area contributed by atoms with Gasteiger partial charge in [-0.1, -0.05) is 119 Å². The highest BCUT2D eigenvalue weighted by atomic mass is 16.1. The van der Waals surface area contributed by atoms with Gasteiger partial charge >= 0.3 is 0 Å². The highest BCUT2D eigenvalue weighted by Gasteiger charge is 2.25. The number of aryl methyl sites for hydroxylation is 1. The van der Waals surface area contributed by atoms with Crippen LogP contribution in [-0.2, 0) is 6.42 Å². The van der Waals surface area contributed by atoms with Gasteiger partial charge in [-0.15, -0.1) is 0 Å². The second-order valence-electron chi connectivity index (χ2n) is 9.08. The van der Waals surface area contributed by atoms with Crippen LogP contribution >= 0.6 is 0 Å². The summed E-state index contributed by atoms with van der Waals surface area (Å²) in [7, 11) is 0. The fourth-order valence-electron chi connectivity index (χ4n) is 3.78. The van der Waals surface area contributed by atoms with E-state index in [4.69, 9.17) is 0 Å². The first-order valence-electron chi connectivity index (χ1n) is 11.5. The molecule has 2 aromatic rings. The van der Waals surface area contributed by atoms with Crippen molar-refractivity contribution >= 4 is 5.78 Å². The molecule has 0 N–H and O–H groups in total. The van der Waals surface area contributed by atoms with E-state index in [0.29, 0.717) is 5.92 Å². The van der Waals surface area contributed by atoms with Crippen LogP contribution in [0, 0.1) is 18.3 Å². The molecule has 0 amide bonds. The Balaban J connectivity index is 0.00000107. The summed E-state index contributed by atoms with van der Waals surface area (Å²) < 4.78 is 0. The van der Waals surface area contributed by atoms with Crippen LogP contribution in [-0.4, -0.2) is 5.78 Å². The fraction of sp³-hybridized carbons (Fsp3) is 0.367. The van der Waals surface area contributed by atoms with Gasteiger partial charge in [0.15, 0.2) is 5.78 Å². The van der Waals surface area contributed by atoms with Crippen LogP contribution in [0.1, 0.15) is 74.5 Å². The van der Waals surface area contributed by atoms with Gasteiger partial charge in [-0.25, -0.2) is 0 Å². The molecular weight excluding hydrogens is 376 g/mol. The lowest BCUT2D eigenvalue weighted by Gasteiger charge is -2.30. The molecule has 2 aromatic carbocycles.